The standard InChI is InChI=1S/C9H10O3S.C9H8O3S/c2*1-12-8-3-2-7-4-5-13(10,11)9(7)6-8/h2-3,6H,4-5H2,1H3;2-6H,1H3. The maximum absolute atomic E-state index is 11.5. The van der Waals surface area contributed by atoms with Crippen LogP contribution in [0.15, 0.2) is 51.6 Å². The van der Waals surface area contributed by atoms with E-state index in [4.69, 9.17) is 9.47 Å². The summed E-state index contributed by atoms with van der Waals surface area (Å²) in [7, 11) is -3.18. The van der Waals surface area contributed by atoms with Crippen molar-refractivity contribution in [2.45, 2.75) is 16.2 Å². The van der Waals surface area contributed by atoms with Gasteiger partial charge in [0.1, 0.15) is 11.5 Å². The number of hydrogen-bond donors (Lipinski definition) is 0. The Morgan fingerprint density at radius 1 is 0.846 bits per heavy atom. The highest BCUT2D eigenvalue weighted by molar-refractivity contribution is 7.94. The summed E-state index contributed by atoms with van der Waals surface area (Å²) in [5.74, 6) is 1.39. The van der Waals surface area contributed by atoms with E-state index in [2.05, 4.69) is 0 Å². The van der Waals surface area contributed by atoms with Crippen LogP contribution in [0.3, 0.4) is 0 Å². The topological polar surface area (TPSA) is 86.7 Å². The van der Waals surface area contributed by atoms with Gasteiger partial charge in [0.25, 0.3) is 0 Å². The van der Waals surface area contributed by atoms with Crippen LogP contribution in [-0.4, -0.2) is 36.8 Å². The Bertz CT molecular complexity index is 1070. The van der Waals surface area contributed by atoms with E-state index in [0.29, 0.717) is 27.7 Å². The molecular formula is C18H18O6S2. The van der Waals surface area contributed by atoms with E-state index in [-0.39, 0.29) is 5.75 Å². The molecule has 2 aliphatic heterocycles. The van der Waals surface area contributed by atoms with Gasteiger partial charge in [0, 0.05) is 5.41 Å². The van der Waals surface area contributed by atoms with Crippen LogP contribution in [0, 0.1) is 0 Å². The third kappa shape index (κ3) is 3.47. The summed E-state index contributed by atoms with van der Waals surface area (Å²) in [6.07, 6.45) is 2.21. The van der Waals surface area contributed by atoms with Crippen molar-refractivity contribution in [2.75, 3.05) is 20.0 Å². The molecule has 2 aliphatic rings. The third-order valence-corrected chi connectivity index (χ3v) is 7.46. The molecule has 0 fully saturated rings. The predicted octanol–water partition coefficient (Wildman–Crippen LogP) is 2.48. The van der Waals surface area contributed by atoms with Crippen LogP contribution in [-0.2, 0) is 26.1 Å². The molecule has 2 heterocycles. The van der Waals surface area contributed by atoms with Crippen molar-refractivity contribution < 1.29 is 26.3 Å². The molecule has 2 aromatic rings. The van der Waals surface area contributed by atoms with E-state index in [1.54, 1.807) is 30.3 Å². The van der Waals surface area contributed by atoms with Crippen molar-refractivity contribution in [1.82, 2.24) is 0 Å². The molecule has 8 heteroatoms. The molecule has 0 radical (unpaired) electrons. The van der Waals surface area contributed by atoms with Gasteiger partial charge in [0.2, 0.25) is 9.84 Å². The van der Waals surface area contributed by atoms with E-state index < -0.39 is 19.7 Å². The molecule has 0 spiro atoms. The Hall–Kier alpha value is -2.32. The highest BCUT2D eigenvalue weighted by Gasteiger charge is 2.26. The monoisotopic (exact) mass is 394 g/mol. The van der Waals surface area contributed by atoms with Gasteiger partial charge in [-0.05, 0) is 54.0 Å². The van der Waals surface area contributed by atoms with Crippen LogP contribution in [0.25, 0.3) is 6.08 Å². The predicted molar refractivity (Wildman–Crippen MR) is 98.0 cm³/mol. The molecule has 2 aromatic carbocycles. The van der Waals surface area contributed by atoms with Crippen molar-refractivity contribution in [3.8, 4) is 11.5 Å². The van der Waals surface area contributed by atoms with Gasteiger partial charge in [-0.1, -0.05) is 6.07 Å². The summed E-state index contributed by atoms with van der Waals surface area (Å²) >= 11 is 0. The first-order chi connectivity index (χ1) is 12.3. The van der Waals surface area contributed by atoms with Gasteiger partial charge < -0.3 is 9.47 Å². The molecule has 0 aromatic heterocycles. The number of hydrogen-bond acceptors (Lipinski definition) is 6. The SMILES string of the molecule is COc1ccc2c(c1)S(=O)(=O)C=C2.COc1ccc2c(c1)S(=O)(=O)CC2. The number of rotatable bonds is 2. The summed E-state index contributed by atoms with van der Waals surface area (Å²) in [6, 6.07) is 10.2. The summed E-state index contributed by atoms with van der Waals surface area (Å²) < 4.78 is 55.6. The Morgan fingerprint density at radius 3 is 2.12 bits per heavy atom. The Labute approximate surface area is 152 Å². The van der Waals surface area contributed by atoms with E-state index in [1.807, 2.05) is 6.07 Å². The van der Waals surface area contributed by atoms with Gasteiger partial charge in [-0.25, -0.2) is 16.8 Å². The fourth-order valence-corrected chi connectivity index (χ4v) is 5.57. The summed E-state index contributed by atoms with van der Waals surface area (Å²) in [5.41, 5.74) is 1.63. The van der Waals surface area contributed by atoms with Crippen molar-refractivity contribution in [3.05, 3.63) is 52.9 Å². The van der Waals surface area contributed by atoms with Gasteiger partial charge in [0.15, 0.2) is 9.84 Å². The molecule has 0 saturated carbocycles. The first kappa shape index (κ1) is 18.5. The van der Waals surface area contributed by atoms with E-state index in [0.717, 1.165) is 11.1 Å². The van der Waals surface area contributed by atoms with Crippen molar-refractivity contribution in [3.63, 3.8) is 0 Å². The molecule has 0 N–H and O–H groups in total. The summed E-state index contributed by atoms with van der Waals surface area (Å²) in [6.45, 7) is 0. The van der Waals surface area contributed by atoms with E-state index >= 15 is 0 Å². The van der Waals surface area contributed by atoms with E-state index in [1.165, 1.54) is 25.7 Å². The van der Waals surface area contributed by atoms with Crippen LogP contribution in [0.1, 0.15) is 11.1 Å². The minimum absolute atomic E-state index is 0.232. The molecule has 0 bridgehead atoms. The molecular weight excluding hydrogens is 376 g/mol. The maximum atomic E-state index is 11.5. The molecule has 138 valence electrons. The van der Waals surface area contributed by atoms with Crippen molar-refractivity contribution >= 4 is 25.8 Å². The first-order valence-corrected chi connectivity index (χ1v) is 11.0. The van der Waals surface area contributed by atoms with Gasteiger partial charge in [0.05, 0.1) is 29.8 Å². The van der Waals surface area contributed by atoms with Crippen LogP contribution in [0.4, 0.5) is 0 Å². The second-order valence-electron chi connectivity index (χ2n) is 5.79. The highest BCUT2D eigenvalue weighted by Crippen LogP contribution is 2.30. The van der Waals surface area contributed by atoms with Gasteiger partial charge >= 0.3 is 0 Å². The lowest BCUT2D eigenvalue weighted by Gasteiger charge is -2.02. The minimum Gasteiger partial charge on any atom is -0.497 e. The molecule has 0 unspecified atom stereocenters. The number of ether oxygens (including phenoxy) is 2. The Kier molecular flexibility index (Phi) is 4.81. The zero-order valence-electron chi connectivity index (χ0n) is 14.3. The number of benzene rings is 2. The van der Waals surface area contributed by atoms with Gasteiger partial charge in [-0.2, -0.15) is 0 Å². The number of methoxy groups -OCH3 is 2. The molecule has 26 heavy (non-hydrogen) atoms. The van der Waals surface area contributed by atoms with Gasteiger partial charge in [-0.3, -0.25) is 0 Å². The zero-order valence-corrected chi connectivity index (χ0v) is 15.9. The molecule has 4 rings (SSSR count). The van der Waals surface area contributed by atoms with Crippen molar-refractivity contribution in [2.24, 2.45) is 0 Å². The quantitative estimate of drug-likeness (QED) is 0.778. The van der Waals surface area contributed by atoms with Gasteiger partial charge in [-0.15, -0.1) is 0 Å². The van der Waals surface area contributed by atoms with Crippen molar-refractivity contribution in [1.29, 1.82) is 0 Å². The smallest absolute Gasteiger partial charge is 0.200 e. The van der Waals surface area contributed by atoms with Crippen LogP contribution < -0.4 is 9.47 Å². The van der Waals surface area contributed by atoms with Crippen LogP contribution in [0.5, 0.6) is 11.5 Å². The molecule has 0 aliphatic carbocycles. The summed E-state index contributed by atoms with van der Waals surface area (Å²) in [5, 5.41) is 1.21. The average Bonchev–Trinajstić information content (AvgIpc) is 3.11. The van der Waals surface area contributed by atoms with E-state index in [9.17, 15) is 16.8 Å². The average molecular weight is 394 g/mol. The zero-order chi connectivity index (χ0) is 18.9. The lowest BCUT2D eigenvalue weighted by atomic mass is 10.2. The number of sulfone groups is 2. The lowest BCUT2D eigenvalue weighted by Crippen LogP contribution is -1.98. The fourth-order valence-electron chi connectivity index (χ4n) is 2.77. The molecule has 6 nitrogen and oxygen atoms in total. The maximum Gasteiger partial charge on any atom is 0.200 e. The normalized spacial score (nSPS) is 17.6. The molecule has 0 atom stereocenters. The molecule has 0 amide bonds. The second-order valence-corrected chi connectivity index (χ2v) is 9.67. The molecule has 0 saturated heterocycles. The second kappa shape index (κ2) is 6.77. The fraction of sp³-hybridized carbons (Fsp3) is 0.222. The first-order valence-electron chi connectivity index (χ1n) is 7.78. The number of fused-ring (bicyclic) bond motifs is 2. The Balaban J connectivity index is 0.000000151. The minimum atomic E-state index is -3.20. The number of aryl methyl sites for hydroxylation is 1. The third-order valence-electron chi connectivity index (χ3n) is 4.20. The van der Waals surface area contributed by atoms with Crippen LogP contribution in [0.2, 0.25) is 0 Å². The largest absolute Gasteiger partial charge is 0.497 e. The Morgan fingerprint density at radius 2 is 1.46 bits per heavy atom. The van der Waals surface area contributed by atoms with Crippen LogP contribution >= 0.6 is 0 Å². The lowest BCUT2D eigenvalue weighted by molar-refractivity contribution is 0.413. The highest BCUT2D eigenvalue weighted by atomic mass is 32.2. The summed E-state index contributed by atoms with van der Waals surface area (Å²) in [4.78, 5) is 0.763.